The van der Waals surface area contributed by atoms with Crippen LogP contribution >= 0.6 is 11.6 Å². The molecule has 26 heavy (non-hydrogen) atoms. The summed E-state index contributed by atoms with van der Waals surface area (Å²) in [4.78, 5) is 4.22. The number of guanidine groups is 1. The van der Waals surface area contributed by atoms with Gasteiger partial charge in [-0.2, -0.15) is 0 Å². The first-order chi connectivity index (χ1) is 12.7. The van der Waals surface area contributed by atoms with E-state index in [0.717, 1.165) is 50.7 Å². The molecule has 2 rings (SSSR count). The average molecular weight is 384 g/mol. The number of ether oxygens (including phenoxy) is 3. The van der Waals surface area contributed by atoms with Crippen molar-refractivity contribution in [3.63, 3.8) is 0 Å². The number of aliphatic imine (C=N–C) groups is 1. The maximum absolute atomic E-state index is 5.88. The van der Waals surface area contributed by atoms with Crippen LogP contribution in [0.1, 0.15) is 26.2 Å². The van der Waals surface area contributed by atoms with Crippen LogP contribution in [0.4, 0.5) is 0 Å². The van der Waals surface area contributed by atoms with Crippen molar-refractivity contribution in [2.75, 3.05) is 40.0 Å². The Kier molecular flexibility index (Phi) is 9.60. The van der Waals surface area contributed by atoms with Crippen LogP contribution in [0.15, 0.2) is 29.3 Å². The van der Waals surface area contributed by atoms with Crippen molar-refractivity contribution in [3.8, 4) is 5.75 Å². The number of rotatable bonds is 10. The van der Waals surface area contributed by atoms with Crippen molar-refractivity contribution in [1.29, 1.82) is 0 Å². The predicted octanol–water partition coefficient (Wildman–Crippen LogP) is 2.86. The minimum absolute atomic E-state index is 0.00414. The number of nitrogens with zero attached hydrogens (tertiary/aromatic N) is 1. The maximum Gasteiger partial charge on any atom is 0.191 e. The summed E-state index contributed by atoms with van der Waals surface area (Å²) in [5.74, 6) is 1.56. The largest absolute Gasteiger partial charge is 0.489 e. The van der Waals surface area contributed by atoms with Crippen LogP contribution in [-0.2, 0) is 9.47 Å². The number of hydrogen-bond acceptors (Lipinski definition) is 4. The van der Waals surface area contributed by atoms with E-state index in [1.54, 1.807) is 7.05 Å². The Balaban J connectivity index is 1.53. The van der Waals surface area contributed by atoms with E-state index >= 15 is 0 Å². The summed E-state index contributed by atoms with van der Waals surface area (Å²) >= 11 is 5.88. The van der Waals surface area contributed by atoms with E-state index in [9.17, 15) is 0 Å². The van der Waals surface area contributed by atoms with E-state index < -0.39 is 0 Å². The second-order valence-corrected chi connectivity index (χ2v) is 6.76. The fraction of sp³-hybridized carbons (Fsp3) is 0.632. The highest BCUT2D eigenvalue weighted by Gasteiger charge is 2.14. The number of hydrogen-bond donors (Lipinski definition) is 2. The third-order valence-corrected chi connectivity index (χ3v) is 4.27. The van der Waals surface area contributed by atoms with E-state index in [1.807, 2.05) is 31.2 Å². The normalized spacial score (nSPS) is 18.6. The highest BCUT2D eigenvalue weighted by molar-refractivity contribution is 6.30. The van der Waals surface area contributed by atoms with Crippen molar-refractivity contribution in [3.05, 3.63) is 29.3 Å². The average Bonchev–Trinajstić information content (AvgIpc) is 3.16. The Morgan fingerprint density at radius 2 is 2.15 bits per heavy atom. The van der Waals surface area contributed by atoms with E-state index in [1.165, 1.54) is 0 Å². The topological polar surface area (TPSA) is 64.1 Å². The lowest BCUT2D eigenvalue weighted by Crippen LogP contribution is -2.42. The lowest BCUT2D eigenvalue weighted by molar-refractivity contribution is 0.0168. The zero-order valence-electron chi connectivity index (χ0n) is 15.7. The molecule has 1 aromatic rings. The zero-order chi connectivity index (χ0) is 18.6. The molecule has 2 N–H and O–H groups in total. The minimum atomic E-state index is 0.00414. The van der Waals surface area contributed by atoms with E-state index in [-0.39, 0.29) is 6.10 Å². The van der Waals surface area contributed by atoms with Crippen LogP contribution in [0.25, 0.3) is 0 Å². The Morgan fingerprint density at radius 3 is 2.85 bits per heavy atom. The second-order valence-electron chi connectivity index (χ2n) is 6.33. The fourth-order valence-electron chi connectivity index (χ4n) is 2.62. The van der Waals surface area contributed by atoms with E-state index in [4.69, 9.17) is 25.8 Å². The third-order valence-electron chi connectivity index (χ3n) is 4.02. The molecule has 1 aliphatic heterocycles. The highest BCUT2D eigenvalue weighted by Crippen LogP contribution is 2.16. The smallest absolute Gasteiger partial charge is 0.191 e. The summed E-state index contributed by atoms with van der Waals surface area (Å²) in [7, 11) is 1.76. The zero-order valence-corrected chi connectivity index (χ0v) is 16.4. The molecule has 1 saturated heterocycles. The Labute approximate surface area is 161 Å². The summed E-state index contributed by atoms with van der Waals surface area (Å²) < 4.78 is 17.0. The molecule has 0 amide bonds. The summed E-state index contributed by atoms with van der Waals surface area (Å²) in [6.45, 7) is 5.76. The van der Waals surface area contributed by atoms with E-state index in [0.29, 0.717) is 24.3 Å². The Morgan fingerprint density at radius 1 is 1.35 bits per heavy atom. The molecule has 7 heteroatoms. The Bertz CT molecular complexity index is 533. The molecular formula is C19H30ClN3O3. The van der Waals surface area contributed by atoms with Crippen molar-refractivity contribution < 1.29 is 14.2 Å². The maximum atomic E-state index is 5.88. The summed E-state index contributed by atoms with van der Waals surface area (Å²) in [6.07, 6.45) is 3.48. The van der Waals surface area contributed by atoms with Crippen LogP contribution in [0.2, 0.25) is 5.02 Å². The first kappa shape index (κ1) is 20.8. The van der Waals surface area contributed by atoms with Crippen molar-refractivity contribution in [1.82, 2.24) is 10.6 Å². The van der Waals surface area contributed by atoms with Gasteiger partial charge in [0.2, 0.25) is 0 Å². The van der Waals surface area contributed by atoms with Gasteiger partial charge >= 0.3 is 0 Å². The van der Waals surface area contributed by atoms with Crippen LogP contribution in [0.5, 0.6) is 5.75 Å². The monoisotopic (exact) mass is 383 g/mol. The van der Waals surface area contributed by atoms with Gasteiger partial charge in [-0.25, -0.2) is 0 Å². The third kappa shape index (κ3) is 8.25. The van der Waals surface area contributed by atoms with Crippen molar-refractivity contribution in [2.24, 2.45) is 4.99 Å². The lowest BCUT2D eigenvalue weighted by atomic mass is 10.2. The van der Waals surface area contributed by atoms with Gasteiger partial charge < -0.3 is 24.8 Å². The van der Waals surface area contributed by atoms with Gasteiger partial charge in [-0.1, -0.05) is 11.6 Å². The van der Waals surface area contributed by atoms with Crippen LogP contribution in [-0.4, -0.2) is 58.1 Å². The molecule has 1 aliphatic rings. The molecule has 0 bridgehead atoms. The second kappa shape index (κ2) is 12.0. The number of nitrogens with one attached hydrogen (secondary N) is 2. The molecular weight excluding hydrogens is 354 g/mol. The highest BCUT2D eigenvalue weighted by atomic mass is 35.5. The van der Waals surface area contributed by atoms with Gasteiger partial charge in [0.1, 0.15) is 11.9 Å². The molecule has 0 spiro atoms. The van der Waals surface area contributed by atoms with E-state index in [2.05, 4.69) is 15.6 Å². The van der Waals surface area contributed by atoms with Crippen LogP contribution < -0.4 is 15.4 Å². The van der Waals surface area contributed by atoms with Crippen molar-refractivity contribution in [2.45, 2.75) is 38.4 Å². The van der Waals surface area contributed by atoms with Gasteiger partial charge in [0.15, 0.2) is 5.96 Å². The first-order valence-corrected chi connectivity index (χ1v) is 9.61. The van der Waals surface area contributed by atoms with Crippen molar-refractivity contribution >= 4 is 17.6 Å². The van der Waals surface area contributed by atoms with Gasteiger partial charge in [0, 0.05) is 31.8 Å². The molecule has 1 aromatic carbocycles. The van der Waals surface area contributed by atoms with Gasteiger partial charge in [-0.15, -0.1) is 0 Å². The van der Waals surface area contributed by atoms with Gasteiger partial charge in [0.25, 0.3) is 0 Å². The predicted molar refractivity (Wildman–Crippen MR) is 105 cm³/mol. The standard InChI is InChI=1S/C19H30ClN3O3/c1-15(26-17-8-6-16(20)7-9-17)13-23-19(21-2)22-10-4-11-24-14-18-5-3-12-25-18/h6-9,15,18H,3-5,10-14H2,1-2H3,(H2,21,22,23). The molecule has 0 radical (unpaired) electrons. The van der Waals surface area contributed by atoms with Gasteiger partial charge in [0.05, 0.1) is 19.3 Å². The molecule has 146 valence electrons. The molecule has 2 atom stereocenters. The fourth-order valence-corrected chi connectivity index (χ4v) is 2.75. The van der Waals surface area contributed by atoms with Crippen LogP contribution in [0, 0.1) is 0 Å². The van der Waals surface area contributed by atoms with Gasteiger partial charge in [-0.05, 0) is 50.5 Å². The SMILES string of the molecule is CN=C(NCCCOCC1CCCO1)NCC(C)Oc1ccc(Cl)cc1. The summed E-state index contributed by atoms with van der Waals surface area (Å²) in [5, 5.41) is 7.24. The minimum Gasteiger partial charge on any atom is -0.489 e. The first-order valence-electron chi connectivity index (χ1n) is 9.23. The molecule has 1 heterocycles. The lowest BCUT2D eigenvalue weighted by Gasteiger charge is -2.18. The molecule has 2 unspecified atom stereocenters. The summed E-state index contributed by atoms with van der Waals surface area (Å²) in [5.41, 5.74) is 0. The summed E-state index contributed by atoms with van der Waals surface area (Å²) in [6, 6.07) is 7.36. The molecule has 0 saturated carbocycles. The quantitative estimate of drug-likeness (QED) is 0.369. The van der Waals surface area contributed by atoms with Crippen LogP contribution in [0.3, 0.4) is 0 Å². The number of halogens is 1. The number of benzene rings is 1. The van der Waals surface area contributed by atoms with Gasteiger partial charge in [-0.3, -0.25) is 4.99 Å². The molecule has 0 aliphatic carbocycles. The molecule has 0 aromatic heterocycles. The molecule has 1 fully saturated rings. The molecule has 6 nitrogen and oxygen atoms in total. The Hall–Kier alpha value is -1.50.